The minimum absolute atomic E-state index is 0.0846. The Bertz CT molecular complexity index is 1040. The van der Waals surface area contributed by atoms with Crippen molar-refractivity contribution in [2.75, 3.05) is 19.6 Å². The van der Waals surface area contributed by atoms with Crippen LogP contribution in [0.1, 0.15) is 67.6 Å². The van der Waals surface area contributed by atoms with Crippen molar-refractivity contribution in [1.29, 1.82) is 0 Å². The number of rotatable bonds is 3. The van der Waals surface area contributed by atoms with E-state index < -0.39 is 5.41 Å². The Morgan fingerprint density at radius 1 is 1.03 bits per heavy atom. The molecule has 5 heteroatoms. The number of hydrogen-bond donors (Lipinski definition) is 1. The maximum absolute atomic E-state index is 13.9. The third-order valence-corrected chi connectivity index (χ3v) is 8.58. The van der Waals surface area contributed by atoms with Gasteiger partial charge in [-0.25, -0.2) is 4.39 Å². The predicted octanol–water partition coefficient (Wildman–Crippen LogP) is 4.86. The summed E-state index contributed by atoms with van der Waals surface area (Å²) in [5.74, 6) is 0.286. The number of nitrogens with one attached hydrogen (secondary N) is 1. The number of hydrogen-bond acceptors (Lipinski definition) is 2. The van der Waals surface area contributed by atoms with E-state index in [1.807, 2.05) is 30.3 Å². The van der Waals surface area contributed by atoms with Crippen LogP contribution in [0.4, 0.5) is 4.39 Å². The molecule has 1 spiro atoms. The molecule has 1 N–H and O–H groups in total. The number of carbonyl (C=O) groups excluding carboxylic acids is 2. The Balaban J connectivity index is 1.38. The Morgan fingerprint density at radius 2 is 1.73 bits per heavy atom. The van der Waals surface area contributed by atoms with Crippen LogP contribution in [0.15, 0.2) is 48.5 Å². The molecule has 3 aliphatic rings. The SMILES string of the molecule is Cc1cc([C@@H]2CNC(=O)CC23CCN(C(=O)C2(c4ccccc4)CCCC2)CC3)ccc1F. The van der Waals surface area contributed by atoms with Gasteiger partial charge >= 0.3 is 0 Å². The number of aryl methyl sites for hydroxylation is 1. The molecular formula is C28H33FN2O2. The molecule has 33 heavy (non-hydrogen) atoms. The first-order chi connectivity index (χ1) is 15.9. The molecule has 5 rings (SSSR count). The molecule has 3 fully saturated rings. The van der Waals surface area contributed by atoms with Crippen LogP contribution in [0.3, 0.4) is 0 Å². The monoisotopic (exact) mass is 448 g/mol. The fourth-order valence-electron chi connectivity index (χ4n) is 6.64. The van der Waals surface area contributed by atoms with Crippen molar-refractivity contribution in [3.63, 3.8) is 0 Å². The Hall–Kier alpha value is -2.69. The molecule has 1 aliphatic carbocycles. The highest BCUT2D eigenvalue weighted by Gasteiger charge is 2.50. The van der Waals surface area contributed by atoms with Crippen molar-refractivity contribution in [2.45, 2.75) is 63.2 Å². The quantitative estimate of drug-likeness (QED) is 0.729. The van der Waals surface area contributed by atoms with E-state index in [1.54, 1.807) is 6.92 Å². The van der Waals surface area contributed by atoms with Crippen molar-refractivity contribution < 1.29 is 14.0 Å². The number of benzene rings is 2. The highest BCUT2D eigenvalue weighted by molar-refractivity contribution is 5.89. The Labute approximate surface area is 195 Å². The van der Waals surface area contributed by atoms with E-state index in [9.17, 15) is 14.0 Å². The second-order valence-corrected chi connectivity index (χ2v) is 10.4. The second-order valence-electron chi connectivity index (χ2n) is 10.4. The van der Waals surface area contributed by atoms with Gasteiger partial charge in [-0.1, -0.05) is 55.3 Å². The van der Waals surface area contributed by atoms with Crippen LogP contribution in [0.25, 0.3) is 0 Å². The van der Waals surface area contributed by atoms with Crippen LogP contribution in [0.5, 0.6) is 0 Å². The highest BCUT2D eigenvalue weighted by Crippen LogP contribution is 2.50. The van der Waals surface area contributed by atoms with Gasteiger partial charge in [0.05, 0.1) is 5.41 Å². The van der Waals surface area contributed by atoms with Crippen LogP contribution < -0.4 is 5.32 Å². The second kappa shape index (κ2) is 8.58. The molecule has 2 heterocycles. The largest absolute Gasteiger partial charge is 0.355 e. The van der Waals surface area contributed by atoms with Crippen molar-refractivity contribution in [1.82, 2.24) is 10.2 Å². The molecule has 0 radical (unpaired) electrons. The first-order valence-electron chi connectivity index (χ1n) is 12.3. The Morgan fingerprint density at radius 3 is 2.39 bits per heavy atom. The summed E-state index contributed by atoms with van der Waals surface area (Å²) in [6.45, 7) is 3.72. The molecule has 1 saturated carbocycles. The summed E-state index contributed by atoms with van der Waals surface area (Å²) in [7, 11) is 0. The first kappa shape index (κ1) is 22.1. The van der Waals surface area contributed by atoms with Gasteiger partial charge in [0.25, 0.3) is 0 Å². The van der Waals surface area contributed by atoms with Gasteiger partial charge < -0.3 is 10.2 Å². The lowest BCUT2D eigenvalue weighted by Crippen LogP contribution is -2.55. The number of halogens is 1. The summed E-state index contributed by atoms with van der Waals surface area (Å²) in [6.07, 6.45) is 6.08. The number of likely N-dealkylation sites (tertiary alicyclic amines) is 1. The predicted molar refractivity (Wildman–Crippen MR) is 126 cm³/mol. The van der Waals surface area contributed by atoms with E-state index in [1.165, 1.54) is 6.07 Å². The lowest BCUT2D eigenvalue weighted by molar-refractivity contribution is -0.141. The van der Waals surface area contributed by atoms with Crippen molar-refractivity contribution in [3.05, 3.63) is 71.0 Å². The van der Waals surface area contributed by atoms with E-state index >= 15 is 0 Å². The van der Waals surface area contributed by atoms with Crippen LogP contribution in [0.2, 0.25) is 0 Å². The maximum Gasteiger partial charge on any atom is 0.233 e. The lowest BCUT2D eigenvalue weighted by atomic mass is 9.62. The summed E-state index contributed by atoms with van der Waals surface area (Å²) in [6, 6.07) is 15.6. The summed E-state index contributed by atoms with van der Waals surface area (Å²) < 4.78 is 13.9. The average Bonchev–Trinajstić information content (AvgIpc) is 3.33. The van der Waals surface area contributed by atoms with Gasteiger partial charge in [-0.15, -0.1) is 0 Å². The van der Waals surface area contributed by atoms with Gasteiger partial charge in [-0.2, -0.15) is 0 Å². The van der Waals surface area contributed by atoms with Crippen molar-refractivity contribution in [3.8, 4) is 0 Å². The van der Waals surface area contributed by atoms with Crippen LogP contribution >= 0.6 is 0 Å². The summed E-state index contributed by atoms with van der Waals surface area (Å²) in [5, 5.41) is 3.03. The molecular weight excluding hydrogens is 415 g/mol. The van der Waals surface area contributed by atoms with Gasteiger partial charge in [0, 0.05) is 32.0 Å². The maximum atomic E-state index is 13.9. The molecule has 174 valence electrons. The number of nitrogens with zero attached hydrogens (tertiary/aromatic N) is 1. The van der Waals surface area contributed by atoms with Crippen LogP contribution in [-0.2, 0) is 15.0 Å². The fourth-order valence-corrected chi connectivity index (χ4v) is 6.64. The van der Waals surface area contributed by atoms with Gasteiger partial charge in [0.15, 0.2) is 0 Å². The molecule has 4 nitrogen and oxygen atoms in total. The summed E-state index contributed by atoms with van der Waals surface area (Å²) in [5.41, 5.74) is 2.29. The zero-order valence-electron chi connectivity index (χ0n) is 19.4. The Kier molecular flexibility index (Phi) is 5.75. The van der Waals surface area contributed by atoms with E-state index in [2.05, 4.69) is 22.3 Å². The molecule has 1 atom stereocenters. The molecule has 2 saturated heterocycles. The highest BCUT2D eigenvalue weighted by atomic mass is 19.1. The van der Waals surface area contributed by atoms with E-state index in [0.29, 0.717) is 31.6 Å². The van der Waals surface area contributed by atoms with Crippen molar-refractivity contribution in [2.24, 2.45) is 5.41 Å². The summed E-state index contributed by atoms with van der Waals surface area (Å²) >= 11 is 0. The van der Waals surface area contributed by atoms with Gasteiger partial charge in [-0.05, 0) is 60.8 Å². The number of piperidine rings is 2. The molecule has 2 aromatic carbocycles. The third-order valence-electron chi connectivity index (χ3n) is 8.58. The topological polar surface area (TPSA) is 49.4 Å². The number of amides is 2. The minimum Gasteiger partial charge on any atom is -0.355 e. The van der Waals surface area contributed by atoms with Crippen LogP contribution in [0, 0.1) is 18.2 Å². The molecule has 2 amide bonds. The fraction of sp³-hybridized carbons (Fsp3) is 0.500. The minimum atomic E-state index is -0.400. The standard InChI is InChI=1S/C28H33FN2O2/c1-20-17-21(9-10-24(20)29)23-19-30-25(32)18-27(23)13-15-31(16-14-27)26(33)28(11-5-6-12-28)22-7-3-2-4-8-22/h2-4,7-10,17,23H,5-6,11-16,18-19H2,1H3,(H,30,32)/t23-/m0/s1. The zero-order valence-corrected chi connectivity index (χ0v) is 19.4. The molecule has 0 unspecified atom stereocenters. The van der Waals surface area contributed by atoms with Gasteiger partial charge in [0.1, 0.15) is 5.82 Å². The molecule has 0 aromatic heterocycles. The summed E-state index contributed by atoms with van der Waals surface area (Å²) in [4.78, 5) is 28.4. The number of carbonyl (C=O) groups is 2. The third kappa shape index (κ3) is 3.85. The van der Waals surface area contributed by atoms with Gasteiger partial charge in [-0.3, -0.25) is 9.59 Å². The van der Waals surface area contributed by atoms with E-state index in [4.69, 9.17) is 0 Å². The molecule has 0 bridgehead atoms. The molecule has 2 aromatic rings. The zero-order chi connectivity index (χ0) is 23.1. The average molecular weight is 449 g/mol. The first-order valence-corrected chi connectivity index (χ1v) is 12.3. The normalized spacial score (nSPS) is 24.0. The smallest absolute Gasteiger partial charge is 0.233 e. The molecule has 2 aliphatic heterocycles. The lowest BCUT2D eigenvalue weighted by Gasteiger charge is -2.50. The van der Waals surface area contributed by atoms with Crippen molar-refractivity contribution >= 4 is 11.8 Å². The van der Waals surface area contributed by atoms with Gasteiger partial charge in [0.2, 0.25) is 11.8 Å². The van der Waals surface area contributed by atoms with E-state index in [-0.39, 0.29) is 29.0 Å². The van der Waals surface area contributed by atoms with Crippen LogP contribution in [-0.4, -0.2) is 36.3 Å². The van der Waals surface area contributed by atoms with E-state index in [0.717, 1.165) is 49.7 Å².